The summed E-state index contributed by atoms with van der Waals surface area (Å²) >= 11 is 18.1. The molecule has 3 aromatic carbocycles. The SMILES string of the molecule is Cc1ccccc1NS(=O)(=O)c1cc(C(=O)Nc2cc(Cl)ccc2Cl)ccc1Cl. The monoisotopic (exact) mass is 468 g/mol. The molecule has 0 heterocycles. The summed E-state index contributed by atoms with van der Waals surface area (Å²) in [6.45, 7) is 1.78. The minimum Gasteiger partial charge on any atom is -0.321 e. The number of amides is 1. The van der Waals surface area contributed by atoms with Gasteiger partial charge in [-0.2, -0.15) is 0 Å². The molecule has 0 aliphatic rings. The summed E-state index contributed by atoms with van der Waals surface area (Å²) in [5.74, 6) is -0.557. The minimum atomic E-state index is -4.02. The molecule has 0 aliphatic carbocycles. The van der Waals surface area contributed by atoms with Crippen LogP contribution in [0.5, 0.6) is 0 Å². The topological polar surface area (TPSA) is 75.3 Å². The molecule has 3 aromatic rings. The quantitative estimate of drug-likeness (QED) is 0.480. The molecule has 29 heavy (non-hydrogen) atoms. The molecular weight excluding hydrogens is 455 g/mol. The van der Waals surface area contributed by atoms with Gasteiger partial charge < -0.3 is 5.32 Å². The predicted molar refractivity (Wildman–Crippen MR) is 118 cm³/mol. The van der Waals surface area contributed by atoms with Crippen molar-refractivity contribution in [3.05, 3.63) is 86.9 Å². The summed E-state index contributed by atoms with van der Waals surface area (Å²) in [6.07, 6.45) is 0. The van der Waals surface area contributed by atoms with Crippen LogP contribution in [-0.2, 0) is 10.0 Å². The molecule has 0 spiro atoms. The van der Waals surface area contributed by atoms with Gasteiger partial charge in [0.1, 0.15) is 4.90 Å². The number of halogens is 3. The zero-order chi connectivity index (χ0) is 21.2. The first-order valence-corrected chi connectivity index (χ1v) is 10.9. The highest BCUT2D eigenvalue weighted by molar-refractivity contribution is 7.92. The molecular formula is C20H15Cl3N2O3S. The summed E-state index contributed by atoms with van der Waals surface area (Å²) in [4.78, 5) is 12.4. The van der Waals surface area contributed by atoms with Crippen LogP contribution in [0.4, 0.5) is 11.4 Å². The molecule has 0 aromatic heterocycles. The van der Waals surface area contributed by atoms with Crippen LogP contribution in [0.15, 0.2) is 65.6 Å². The molecule has 0 bridgehead atoms. The molecule has 0 fully saturated rings. The van der Waals surface area contributed by atoms with Crippen LogP contribution in [0.2, 0.25) is 15.1 Å². The minimum absolute atomic E-state index is 0.0107. The lowest BCUT2D eigenvalue weighted by Gasteiger charge is -2.13. The van der Waals surface area contributed by atoms with Crippen molar-refractivity contribution in [2.24, 2.45) is 0 Å². The van der Waals surface area contributed by atoms with Crippen LogP contribution in [0.25, 0.3) is 0 Å². The Bertz CT molecular complexity index is 1200. The zero-order valence-electron chi connectivity index (χ0n) is 15.0. The maximum Gasteiger partial charge on any atom is 0.263 e. The van der Waals surface area contributed by atoms with Crippen molar-refractivity contribution in [2.75, 3.05) is 10.0 Å². The summed E-state index contributed by atoms with van der Waals surface area (Å²) in [5, 5.41) is 3.29. The lowest BCUT2D eigenvalue weighted by atomic mass is 10.2. The van der Waals surface area contributed by atoms with Crippen LogP contribution < -0.4 is 10.0 Å². The maximum absolute atomic E-state index is 12.8. The summed E-state index contributed by atoms with van der Waals surface area (Å²) < 4.78 is 28.2. The van der Waals surface area contributed by atoms with Crippen molar-refractivity contribution in [1.29, 1.82) is 0 Å². The molecule has 3 rings (SSSR count). The third-order valence-corrected chi connectivity index (χ3v) is 6.46. The Morgan fingerprint density at radius 2 is 1.55 bits per heavy atom. The first-order chi connectivity index (χ1) is 13.7. The first kappa shape index (κ1) is 21.5. The number of anilines is 2. The van der Waals surface area contributed by atoms with Crippen LogP contribution in [0, 0.1) is 6.92 Å². The van der Waals surface area contributed by atoms with Gasteiger partial charge in [0.25, 0.3) is 15.9 Å². The Balaban J connectivity index is 1.92. The number of sulfonamides is 1. The van der Waals surface area contributed by atoms with Crippen molar-refractivity contribution >= 4 is 62.1 Å². The highest BCUT2D eigenvalue weighted by Crippen LogP contribution is 2.28. The number of carbonyl (C=O) groups is 1. The average Bonchev–Trinajstić information content (AvgIpc) is 2.66. The third-order valence-electron chi connectivity index (χ3n) is 4.05. The normalized spacial score (nSPS) is 11.2. The third kappa shape index (κ3) is 5.03. The van der Waals surface area contributed by atoms with E-state index in [2.05, 4.69) is 10.0 Å². The lowest BCUT2D eigenvalue weighted by molar-refractivity contribution is 0.102. The number of benzene rings is 3. The number of carbonyl (C=O) groups excluding carboxylic acids is 1. The fourth-order valence-corrected chi connectivity index (χ4v) is 4.52. The highest BCUT2D eigenvalue weighted by atomic mass is 35.5. The van der Waals surface area contributed by atoms with Crippen molar-refractivity contribution in [2.45, 2.75) is 11.8 Å². The molecule has 0 unspecified atom stereocenters. The van der Waals surface area contributed by atoms with E-state index >= 15 is 0 Å². The van der Waals surface area contributed by atoms with Gasteiger partial charge in [0, 0.05) is 10.6 Å². The Morgan fingerprint density at radius 3 is 2.28 bits per heavy atom. The van der Waals surface area contributed by atoms with E-state index in [-0.39, 0.29) is 15.5 Å². The fourth-order valence-electron chi connectivity index (χ4n) is 2.53. The Hall–Kier alpha value is -2.25. The highest BCUT2D eigenvalue weighted by Gasteiger charge is 2.21. The summed E-state index contributed by atoms with van der Waals surface area (Å²) in [7, 11) is -4.02. The molecule has 0 saturated heterocycles. The smallest absolute Gasteiger partial charge is 0.263 e. The van der Waals surface area contributed by atoms with E-state index in [1.54, 1.807) is 43.3 Å². The molecule has 9 heteroatoms. The van der Waals surface area contributed by atoms with Gasteiger partial charge >= 0.3 is 0 Å². The van der Waals surface area contributed by atoms with Gasteiger partial charge in [-0.15, -0.1) is 0 Å². The van der Waals surface area contributed by atoms with Crippen molar-refractivity contribution in [1.82, 2.24) is 0 Å². The van der Waals surface area contributed by atoms with Crippen LogP contribution in [0.3, 0.4) is 0 Å². The number of hydrogen-bond donors (Lipinski definition) is 2. The van der Waals surface area contributed by atoms with Crippen molar-refractivity contribution in [3.8, 4) is 0 Å². The molecule has 0 radical (unpaired) electrons. The Morgan fingerprint density at radius 1 is 0.862 bits per heavy atom. The first-order valence-electron chi connectivity index (χ1n) is 8.32. The van der Waals surface area contributed by atoms with Gasteiger partial charge in [0.2, 0.25) is 0 Å². The van der Waals surface area contributed by atoms with E-state index in [1.165, 1.54) is 24.3 Å². The molecule has 0 aliphatic heterocycles. The van der Waals surface area contributed by atoms with E-state index in [1.807, 2.05) is 0 Å². The maximum atomic E-state index is 12.8. The number of para-hydroxylation sites is 1. The molecule has 0 atom stereocenters. The Kier molecular flexibility index (Phi) is 6.39. The van der Waals surface area contributed by atoms with Gasteiger partial charge in [0.15, 0.2) is 0 Å². The van der Waals surface area contributed by atoms with Gasteiger partial charge in [-0.1, -0.05) is 53.0 Å². The van der Waals surface area contributed by atoms with Gasteiger partial charge in [-0.3, -0.25) is 9.52 Å². The van der Waals surface area contributed by atoms with E-state index in [4.69, 9.17) is 34.8 Å². The van der Waals surface area contributed by atoms with E-state index in [0.29, 0.717) is 21.4 Å². The van der Waals surface area contributed by atoms with Crippen LogP contribution in [0.1, 0.15) is 15.9 Å². The molecule has 5 nitrogen and oxygen atoms in total. The molecule has 1 amide bonds. The fraction of sp³-hybridized carbons (Fsp3) is 0.0500. The van der Waals surface area contributed by atoms with Gasteiger partial charge in [0.05, 0.1) is 21.4 Å². The number of aryl methyl sites for hydroxylation is 1. The van der Waals surface area contributed by atoms with E-state index in [9.17, 15) is 13.2 Å². The summed E-state index contributed by atoms with van der Waals surface area (Å²) in [5.41, 5.74) is 1.57. The number of hydrogen-bond acceptors (Lipinski definition) is 3. The largest absolute Gasteiger partial charge is 0.321 e. The van der Waals surface area contributed by atoms with Crippen molar-refractivity contribution in [3.63, 3.8) is 0 Å². The molecule has 0 saturated carbocycles. The molecule has 2 N–H and O–H groups in total. The summed E-state index contributed by atoms with van der Waals surface area (Å²) in [6, 6.07) is 15.5. The second-order valence-corrected chi connectivity index (χ2v) is 9.05. The second-order valence-electron chi connectivity index (χ2n) is 6.14. The van der Waals surface area contributed by atoms with E-state index in [0.717, 1.165) is 5.56 Å². The molecule has 150 valence electrons. The van der Waals surface area contributed by atoms with E-state index < -0.39 is 15.9 Å². The lowest BCUT2D eigenvalue weighted by Crippen LogP contribution is -2.17. The van der Waals surface area contributed by atoms with Gasteiger partial charge in [-0.05, 0) is 55.0 Å². The second kappa shape index (κ2) is 8.63. The standard InChI is InChI=1S/C20H15Cl3N2O3S/c1-12-4-2-3-5-17(12)25-29(27,28)19-10-13(6-8-16(19)23)20(26)24-18-11-14(21)7-9-15(18)22/h2-11,25H,1H3,(H,24,26). The van der Waals surface area contributed by atoms with Crippen LogP contribution >= 0.6 is 34.8 Å². The van der Waals surface area contributed by atoms with Crippen LogP contribution in [-0.4, -0.2) is 14.3 Å². The zero-order valence-corrected chi connectivity index (χ0v) is 18.1. The van der Waals surface area contributed by atoms with Gasteiger partial charge in [-0.25, -0.2) is 8.42 Å². The number of rotatable bonds is 5. The number of nitrogens with one attached hydrogen (secondary N) is 2. The predicted octanol–water partition coefficient (Wildman–Crippen LogP) is 6.01. The average molecular weight is 470 g/mol. The van der Waals surface area contributed by atoms with Crippen molar-refractivity contribution < 1.29 is 13.2 Å². The Labute approximate surface area is 183 Å².